The smallest absolute Gasteiger partial charge is 0.341 e. The van der Waals surface area contributed by atoms with Crippen molar-refractivity contribution in [2.75, 3.05) is 18.5 Å². The van der Waals surface area contributed by atoms with Gasteiger partial charge in [-0.3, -0.25) is 14.4 Å². The van der Waals surface area contributed by atoms with Crippen LogP contribution in [0.2, 0.25) is 0 Å². The summed E-state index contributed by atoms with van der Waals surface area (Å²) in [6.45, 7) is 1.29. The number of carbonyl (C=O) groups is 3. The van der Waals surface area contributed by atoms with Gasteiger partial charge < -0.3 is 24.2 Å². The molecule has 11 heteroatoms. The van der Waals surface area contributed by atoms with Gasteiger partial charge in [0.05, 0.1) is 30.2 Å². The van der Waals surface area contributed by atoms with Crippen LogP contribution in [-0.2, 0) is 25.5 Å². The van der Waals surface area contributed by atoms with Crippen LogP contribution in [0.25, 0.3) is 22.2 Å². The first-order valence-electron chi connectivity index (χ1n) is 10.7. The summed E-state index contributed by atoms with van der Waals surface area (Å²) in [4.78, 5) is 56.1. The molecule has 35 heavy (non-hydrogen) atoms. The summed E-state index contributed by atoms with van der Waals surface area (Å²) in [6, 6.07) is 10.3. The number of H-pyrrole nitrogens is 1. The number of rotatable bonds is 9. The highest BCUT2D eigenvalue weighted by atomic mass is 32.1. The lowest BCUT2D eigenvalue weighted by Gasteiger charge is -2.08. The number of amides is 1. The lowest BCUT2D eigenvalue weighted by atomic mass is 10.1. The minimum atomic E-state index is -0.635. The van der Waals surface area contributed by atoms with Gasteiger partial charge in [0.2, 0.25) is 0 Å². The van der Waals surface area contributed by atoms with Gasteiger partial charge in [-0.05, 0) is 31.2 Å². The molecule has 1 aromatic carbocycles. The molecule has 0 aliphatic rings. The second kappa shape index (κ2) is 10.8. The molecular weight excluding hydrogens is 474 g/mol. The molecule has 4 aromatic rings. The van der Waals surface area contributed by atoms with Gasteiger partial charge in [-0.15, -0.1) is 11.3 Å². The average Bonchev–Trinajstić information content (AvgIpc) is 3.52. The fraction of sp³-hybridized carbons (Fsp3) is 0.208. The number of aryl methyl sites for hydroxylation is 1. The molecule has 0 aliphatic carbocycles. The first-order valence-corrected chi connectivity index (χ1v) is 11.6. The maximum atomic E-state index is 12.5. The molecule has 0 fully saturated rings. The number of nitrogens with zero attached hydrogens (tertiary/aromatic N) is 1. The van der Waals surface area contributed by atoms with E-state index in [9.17, 15) is 19.2 Å². The van der Waals surface area contributed by atoms with E-state index in [1.165, 1.54) is 6.26 Å². The average molecular weight is 496 g/mol. The van der Waals surface area contributed by atoms with Crippen molar-refractivity contribution in [3.63, 3.8) is 0 Å². The number of ether oxygens (including phenoxy) is 2. The highest BCUT2D eigenvalue weighted by Gasteiger charge is 2.24. The lowest BCUT2D eigenvalue weighted by molar-refractivity contribution is -0.147. The number of benzene rings is 1. The van der Waals surface area contributed by atoms with Crippen molar-refractivity contribution in [3.8, 4) is 11.3 Å². The van der Waals surface area contributed by atoms with E-state index < -0.39 is 24.5 Å². The van der Waals surface area contributed by atoms with Crippen LogP contribution in [0, 0.1) is 0 Å². The third kappa shape index (κ3) is 5.64. The SMILES string of the molecule is CCOC(=O)c1c(-c2ccco2)csc1NC(=O)COC(=O)CCc1nc2ccccc2c(=O)[nH]1. The lowest BCUT2D eigenvalue weighted by Crippen LogP contribution is -2.22. The summed E-state index contributed by atoms with van der Waals surface area (Å²) in [5.74, 6) is -1.06. The second-order valence-corrected chi connectivity index (χ2v) is 8.17. The maximum Gasteiger partial charge on any atom is 0.341 e. The quantitative estimate of drug-likeness (QED) is 0.336. The fourth-order valence-electron chi connectivity index (χ4n) is 3.32. The Kier molecular flexibility index (Phi) is 7.36. The largest absolute Gasteiger partial charge is 0.464 e. The molecule has 0 saturated heterocycles. The predicted molar refractivity (Wildman–Crippen MR) is 128 cm³/mol. The number of hydrogen-bond donors (Lipinski definition) is 2. The van der Waals surface area contributed by atoms with Gasteiger partial charge in [0.15, 0.2) is 6.61 Å². The van der Waals surface area contributed by atoms with E-state index in [0.717, 1.165) is 11.3 Å². The number of aromatic nitrogens is 2. The molecule has 3 aromatic heterocycles. The van der Waals surface area contributed by atoms with Gasteiger partial charge in [0.25, 0.3) is 11.5 Å². The van der Waals surface area contributed by atoms with E-state index in [2.05, 4.69) is 15.3 Å². The molecule has 4 rings (SSSR count). The summed E-state index contributed by atoms with van der Waals surface area (Å²) in [5, 5.41) is 4.98. The van der Waals surface area contributed by atoms with Crippen molar-refractivity contribution >= 4 is 45.1 Å². The van der Waals surface area contributed by atoms with E-state index in [0.29, 0.717) is 28.1 Å². The predicted octanol–water partition coefficient (Wildman–Crippen LogP) is 3.54. The van der Waals surface area contributed by atoms with Crippen LogP contribution in [0.1, 0.15) is 29.5 Å². The number of aromatic amines is 1. The van der Waals surface area contributed by atoms with Gasteiger partial charge in [-0.2, -0.15) is 0 Å². The van der Waals surface area contributed by atoms with Crippen LogP contribution in [-0.4, -0.2) is 41.0 Å². The highest BCUT2D eigenvalue weighted by Crippen LogP contribution is 2.36. The third-order valence-corrected chi connectivity index (χ3v) is 5.80. The van der Waals surface area contributed by atoms with Crippen molar-refractivity contribution in [2.45, 2.75) is 19.8 Å². The van der Waals surface area contributed by atoms with Crippen LogP contribution < -0.4 is 10.9 Å². The Morgan fingerprint density at radius 2 is 1.97 bits per heavy atom. The minimum absolute atomic E-state index is 0.0791. The molecule has 0 aliphatic heterocycles. The topological polar surface area (TPSA) is 141 Å². The molecule has 0 unspecified atom stereocenters. The number of para-hydroxylation sites is 1. The molecule has 0 spiro atoms. The fourth-order valence-corrected chi connectivity index (χ4v) is 4.28. The van der Waals surface area contributed by atoms with Crippen molar-refractivity contribution in [2.24, 2.45) is 0 Å². The summed E-state index contributed by atoms with van der Waals surface area (Å²) in [6.07, 6.45) is 1.54. The van der Waals surface area contributed by atoms with Crippen molar-refractivity contribution < 1.29 is 28.3 Å². The Morgan fingerprint density at radius 1 is 1.14 bits per heavy atom. The maximum absolute atomic E-state index is 12.5. The van der Waals surface area contributed by atoms with Crippen molar-refractivity contribution in [3.05, 3.63) is 69.8 Å². The highest BCUT2D eigenvalue weighted by molar-refractivity contribution is 7.15. The molecule has 2 N–H and O–H groups in total. The molecule has 0 atom stereocenters. The van der Waals surface area contributed by atoms with Crippen LogP contribution in [0.3, 0.4) is 0 Å². The second-order valence-electron chi connectivity index (χ2n) is 7.29. The number of esters is 2. The first kappa shape index (κ1) is 23.9. The summed E-state index contributed by atoms with van der Waals surface area (Å²) in [7, 11) is 0. The van der Waals surface area contributed by atoms with Gasteiger partial charge >= 0.3 is 11.9 Å². The summed E-state index contributed by atoms with van der Waals surface area (Å²) < 4.78 is 15.5. The van der Waals surface area contributed by atoms with Crippen molar-refractivity contribution in [1.82, 2.24) is 9.97 Å². The Hall–Kier alpha value is -4.25. The van der Waals surface area contributed by atoms with Gasteiger partial charge in [-0.1, -0.05) is 12.1 Å². The number of hydrogen-bond acceptors (Lipinski definition) is 9. The number of furan rings is 1. The first-order chi connectivity index (χ1) is 17.0. The molecule has 0 bridgehead atoms. The Balaban J connectivity index is 1.35. The Bertz CT molecular complexity index is 1420. The van der Waals surface area contributed by atoms with Gasteiger partial charge in [-0.25, -0.2) is 9.78 Å². The van der Waals surface area contributed by atoms with E-state index in [1.807, 2.05) is 0 Å². The molecule has 3 heterocycles. The zero-order valence-electron chi connectivity index (χ0n) is 18.7. The molecular formula is C24H21N3O7S. The Morgan fingerprint density at radius 3 is 2.74 bits per heavy atom. The van der Waals surface area contributed by atoms with Crippen LogP contribution >= 0.6 is 11.3 Å². The van der Waals surface area contributed by atoms with Crippen LogP contribution in [0.4, 0.5) is 5.00 Å². The number of anilines is 1. The monoisotopic (exact) mass is 495 g/mol. The molecule has 0 radical (unpaired) electrons. The van der Waals surface area contributed by atoms with Crippen LogP contribution in [0.15, 0.2) is 57.3 Å². The van der Waals surface area contributed by atoms with Gasteiger partial charge in [0, 0.05) is 17.4 Å². The number of carbonyl (C=O) groups excluding carboxylic acids is 3. The molecule has 180 valence electrons. The zero-order valence-corrected chi connectivity index (χ0v) is 19.5. The molecule has 10 nitrogen and oxygen atoms in total. The summed E-state index contributed by atoms with van der Waals surface area (Å²) in [5.41, 5.74) is 0.891. The van der Waals surface area contributed by atoms with E-state index in [1.54, 1.807) is 48.7 Å². The molecule has 0 saturated carbocycles. The van der Waals surface area contributed by atoms with E-state index in [4.69, 9.17) is 13.9 Å². The van der Waals surface area contributed by atoms with Crippen LogP contribution in [0.5, 0.6) is 0 Å². The van der Waals surface area contributed by atoms with Crippen molar-refractivity contribution in [1.29, 1.82) is 0 Å². The van der Waals surface area contributed by atoms with Gasteiger partial charge in [0.1, 0.15) is 22.1 Å². The standard InChI is InChI=1S/C24H21N3O7S/c1-2-32-24(31)21-15(17-8-5-11-33-17)13-35-23(21)27-19(28)12-34-20(29)10-9-18-25-16-7-4-3-6-14(16)22(30)26-18/h3-8,11,13H,2,9-10,12H2,1H3,(H,27,28)(H,25,26,30). The number of nitrogens with one attached hydrogen (secondary N) is 2. The number of fused-ring (bicyclic) bond motifs is 1. The van der Waals surface area contributed by atoms with E-state index in [-0.39, 0.29) is 35.6 Å². The Labute approximate surface area is 202 Å². The normalized spacial score (nSPS) is 10.8. The minimum Gasteiger partial charge on any atom is -0.464 e. The van der Waals surface area contributed by atoms with E-state index >= 15 is 0 Å². The third-order valence-electron chi connectivity index (χ3n) is 4.90. The summed E-state index contributed by atoms with van der Waals surface area (Å²) >= 11 is 1.13. The number of thiophene rings is 1. The molecule has 1 amide bonds. The zero-order chi connectivity index (χ0) is 24.8.